The van der Waals surface area contributed by atoms with Crippen LogP contribution in [0.2, 0.25) is 0 Å². The van der Waals surface area contributed by atoms with Crippen molar-refractivity contribution in [1.82, 2.24) is 19.7 Å². The molecule has 3 atom stereocenters. The maximum absolute atomic E-state index is 12.9. The van der Waals surface area contributed by atoms with Crippen molar-refractivity contribution < 1.29 is 14.7 Å². The molecule has 0 unspecified atom stereocenters. The molecule has 4 rings (SSSR count). The molecule has 142 valence electrons. The topological polar surface area (TPSA) is 88.3 Å². The lowest BCUT2D eigenvalue weighted by atomic mass is 9.70. The second-order valence-corrected chi connectivity index (χ2v) is 7.64. The first-order valence-corrected chi connectivity index (χ1v) is 9.51. The first kappa shape index (κ1) is 17.7. The van der Waals surface area contributed by atoms with Crippen molar-refractivity contribution in [3.8, 4) is 0 Å². The lowest BCUT2D eigenvalue weighted by Gasteiger charge is -2.33. The molecular weight excluding hydrogens is 344 g/mol. The SMILES string of the molecule is O=C(CCCn1cncn1)N1[C@H]2CC[C@@H]1[C@](Cc1ccccc1)(C(=O)O)C2. The zero-order valence-corrected chi connectivity index (χ0v) is 15.2. The van der Waals surface area contributed by atoms with Crippen molar-refractivity contribution in [2.45, 2.75) is 57.2 Å². The average Bonchev–Trinajstić information content (AvgIpc) is 3.38. The standard InChI is InChI=1S/C20H24N4O3/c25-18(7-4-10-23-14-21-13-22-23)24-16-8-9-17(24)20(12-16,19(26)27)11-15-5-2-1-3-6-15/h1-3,5-6,13-14,16-17H,4,7-12H2,(H,26,27)/t16-,17+,20+/m0/s1. The molecule has 7 nitrogen and oxygen atoms in total. The number of fused-ring (bicyclic) bond motifs is 2. The Kier molecular flexibility index (Phi) is 4.68. The number of aryl methyl sites for hydroxylation is 1. The maximum atomic E-state index is 12.9. The van der Waals surface area contributed by atoms with Gasteiger partial charge >= 0.3 is 5.97 Å². The zero-order valence-electron chi connectivity index (χ0n) is 15.2. The van der Waals surface area contributed by atoms with Gasteiger partial charge in [-0.25, -0.2) is 4.98 Å². The summed E-state index contributed by atoms with van der Waals surface area (Å²) in [6.45, 7) is 0.642. The summed E-state index contributed by atoms with van der Waals surface area (Å²) in [7, 11) is 0. The molecule has 1 aromatic heterocycles. The summed E-state index contributed by atoms with van der Waals surface area (Å²) in [6, 6.07) is 9.59. The fourth-order valence-electron chi connectivity index (χ4n) is 4.88. The van der Waals surface area contributed by atoms with Crippen LogP contribution in [0.25, 0.3) is 0 Å². The van der Waals surface area contributed by atoms with Gasteiger partial charge in [-0.1, -0.05) is 30.3 Å². The highest BCUT2D eigenvalue weighted by Crippen LogP contribution is 2.52. The average molecular weight is 368 g/mol. The van der Waals surface area contributed by atoms with E-state index in [1.807, 2.05) is 35.2 Å². The molecule has 0 radical (unpaired) electrons. The molecule has 1 aromatic carbocycles. The lowest BCUT2D eigenvalue weighted by molar-refractivity contribution is -0.151. The van der Waals surface area contributed by atoms with E-state index in [4.69, 9.17) is 0 Å². The third-order valence-electron chi connectivity index (χ3n) is 6.06. The highest BCUT2D eigenvalue weighted by Gasteiger charge is 2.61. The summed E-state index contributed by atoms with van der Waals surface area (Å²) in [5, 5.41) is 14.1. The van der Waals surface area contributed by atoms with Crippen LogP contribution in [0, 0.1) is 5.41 Å². The van der Waals surface area contributed by atoms with Crippen molar-refractivity contribution in [2.75, 3.05) is 0 Å². The van der Waals surface area contributed by atoms with Crippen molar-refractivity contribution in [1.29, 1.82) is 0 Å². The van der Waals surface area contributed by atoms with Crippen molar-refractivity contribution in [2.24, 2.45) is 5.41 Å². The molecule has 27 heavy (non-hydrogen) atoms. The fraction of sp³-hybridized carbons (Fsp3) is 0.500. The number of carbonyl (C=O) groups is 2. The Hall–Kier alpha value is -2.70. The molecule has 2 aliphatic heterocycles. The van der Waals surface area contributed by atoms with E-state index in [0.29, 0.717) is 32.2 Å². The Labute approximate surface area is 158 Å². The zero-order chi connectivity index (χ0) is 18.9. The molecule has 2 fully saturated rings. The van der Waals surface area contributed by atoms with Gasteiger partial charge in [-0.05, 0) is 37.7 Å². The molecule has 0 saturated carbocycles. The number of benzene rings is 1. The van der Waals surface area contributed by atoms with Gasteiger partial charge in [0.25, 0.3) is 0 Å². The predicted molar refractivity (Wildman–Crippen MR) is 97.7 cm³/mol. The minimum Gasteiger partial charge on any atom is -0.481 e. The van der Waals surface area contributed by atoms with Crippen LogP contribution in [-0.2, 0) is 22.6 Å². The monoisotopic (exact) mass is 368 g/mol. The summed E-state index contributed by atoms with van der Waals surface area (Å²) < 4.78 is 1.71. The molecule has 0 aliphatic carbocycles. The maximum Gasteiger partial charge on any atom is 0.312 e. The van der Waals surface area contributed by atoms with Gasteiger partial charge in [0.05, 0.1) is 5.41 Å². The van der Waals surface area contributed by atoms with Crippen LogP contribution in [0.3, 0.4) is 0 Å². The van der Waals surface area contributed by atoms with Crippen LogP contribution in [0.1, 0.15) is 37.7 Å². The first-order valence-electron chi connectivity index (χ1n) is 9.51. The third kappa shape index (κ3) is 3.22. The van der Waals surface area contributed by atoms with Gasteiger partial charge < -0.3 is 10.0 Å². The van der Waals surface area contributed by atoms with E-state index in [1.165, 1.54) is 6.33 Å². The quantitative estimate of drug-likeness (QED) is 0.809. The van der Waals surface area contributed by atoms with Crippen molar-refractivity contribution in [3.05, 3.63) is 48.5 Å². The van der Waals surface area contributed by atoms with Crippen LogP contribution in [0.15, 0.2) is 43.0 Å². The Morgan fingerprint density at radius 1 is 1.22 bits per heavy atom. The summed E-state index contributed by atoms with van der Waals surface area (Å²) in [5.41, 5.74) is 0.150. The Morgan fingerprint density at radius 3 is 2.74 bits per heavy atom. The Balaban J connectivity index is 1.47. The normalized spacial score (nSPS) is 26.4. The van der Waals surface area contributed by atoms with Crippen molar-refractivity contribution in [3.63, 3.8) is 0 Å². The highest BCUT2D eigenvalue weighted by molar-refractivity contribution is 5.83. The molecule has 2 bridgehead atoms. The Morgan fingerprint density at radius 2 is 2.04 bits per heavy atom. The van der Waals surface area contributed by atoms with Crippen LogP contribution in [-0.4, -0.2) is 48.7 Å². The number of aliphatic carboxylic acids is 1. The number of carboxylic acid groups (broad SMARTS) is 1. The van der Waals surface area contributed by atoms with Gasteiger partial charge in [-0.15, -0.1) is 0 Å². The molecule has 7 heteroatoms. The molecule has 1 amide bonds. The fourth-order valence-corrected chi connectivity index (χ4v) is 4.88. The van der Waals surface area contributed by atoms with Gasteiger partial charge in [-0.2, -0.15) is 5.10 Å². The van der Waals surface area contributed by atoms with Crippen LogP contribution in [0.5, 0.6) is 0 Å². The second kappa shape index (κ2) is 7.13. The first-order chi connectivity index (χ1) is 13.1. The van der Waals surface area contributed by atoms with Crippen molar-refractivity contribution >= 4 is 11.9 Å². The highest BCUT2D eigenvalue weighted by atomic mass is 16.4. The number of hydrogen-bond donors (Lipinski definition) is 1. The molecule has 2 aliphatic rings. The van der Waals surface area contributed by atoms with Gasteiger partial charge in [0.15, 0.2) is 0 Å². The summed E-state index contributed by atoms with van der Waals surface area (Å²) in [4.78, 5) is 31.0. The van der Waals surface area contributed by atoms with Gasteiger partial charge in [0.2, 0.25) is 5.91 Å². The number of nitrogens with zero attached hydrogens (tertiary/aromatic N) is 4. The van der Waals surface area contributed by atoms with Gasteiger partial charge in [-0.3, -0.25) is 14.3 Å². The molecule has 2 saturated heterocycles. The number of aromatic nitrogens is 3. The summed E-state index contributed by atoms with van der Waals surface area (Å²) >= 11 is 0. The Bertz CT molecular complexity index is 808. The number of hydrogen-bond acceptors (Lipinski definition) is 4. The lowest BCUT2D eigenvalue weighted by Crippen LogP contribution is -2.46. The van der Waals surface area contributed by atoms with E-state index >= 15 is 0 Å². The third-order valence-corrected chi connectivity index (χ3v) is 6.06. The minimum absolute atomic E-state index is 0.0497. The molecule has 1 N–H and O–H groups in total. The number of amides is 1. The number of rotatable bonds is 7. The van der Waals surface area contributed by atoms with E-state index in [2.05, 4.69) is 10.1 Å². The number of carbonyl (C=O) groups excluding carboxylic acids is 1. The summed E-state index contributed by atoms with van der Waals surface area (Å²) in [6.07, 6.45) is 6.92. The van der Waals surface area contributed by atoms with E-state index < -0.39 is 11.4 Å². The van der Waals surface area contributed by atoms with E-state index in [-0.39, 0.29) is 18.0 Å². The molecule has 2 aromatic rings. The molecule has 3 heterocycles. The molecular formula is C20H24N4O3. The second-order valence-electron chi connectivity index (χ2n) is 7.64. The minimum atomic E-state index is -0.869. The van der Waals surface area contributed by atoms with Crippen LogP contribution >= 0.6 is 0 Å². The molecule has 0 spiro atoms. The smallest absolute Gasteiger partial charge is 0.312 e. The van der Waals surface area contributed by atoms with E-state index in [0.717, 1.165) is 18.4 Å². The number of carboxylic acids is 1. The van der Waals surface area contributed by atoms with Gasteiger partial charge in [0, 0.05) is 25.0 Å². The van der Waals surface area contributed by atoms with Crippen LogP contribution < -0.4 is 0 Å². The summed E-state index contributed by atoms with van der Waals surface area (Å²) in [5.74, 6) is -0.710. The van der Waals surface area contributed by atoms with E-state index in [1.54, 1.807) is 11.0 Å². The predicted octanol–water partition coefficient (Wildman–Crippen LogP) is 2.14. The van der Waals surface area contributed by atoms with Crippen LogP contribution in [0.4, 0.5) is 0 Å². The van der Waals surface area contributed by atoms with Gasteiger partial charge in [0.1, 0.15) is 12.7 Å². The largest absolute Gasteiger partial charge is 0.481 e. The van der Waals surface area contributed by atoms with E-state index in [9.17, 15) is 14.7 Å².